The second-order valence-electron chi connectivity index (χ2n) is 5.65. The minimum atomic E-state index is -0.556. The predicted molar refractivity (Wildman–Crippen MR) is 91.3 cm³/mol. The van der Waals surface area contributed by atoms with Crippen molar-refractivity contribution < 1.29 is 9.84 Å². The average molecular weight is 329 g/mol. The number of imidazole rings is 1. The molecular weight excluding hydrogens is 310 g/mol. The van der Waals surface area contributed by atoms with Gasteiger partial charge in [-0.1, -0.05) is 11.8 Å². The highest BCUT2D eigenvalue weighted by Gasteiger charge is 2.13. The number of hydrogen-bond donors (Lipinski definition) is 1. The van der Waals surface area contributed by atoms with Crippen molar-refractivity contribution in [1.82, 2.24) is 9.55 Å². The molecule has 0 spiro atoms. The molecule has 0 aliphatic heterocycles. The standard InChI is InChI=1S/C17H19N3O2S/c1-12-7-15-16(8-13(12)2)19(11-18-15)9-14(21)10-23-17-5-3-4-6-20(17)22/h3-8,11,14,21H,9-10H2,1-2H3. The van der Waals surface area contributed by atoms with Crippen LogP contribution in [-0.2, 0) is 6.54 Å². The number of rotatable bonds is 5. The average Bonchev–Trinajstić information content (AvgIpc) is 2.89. The number of hydrogen-bond acceptors (Lipinski definition) is 4. The van der Waals surface area contributed by atoms with E-state index in [4.69, 9.17) is 0 Å². The summed E-state index contributed by atoms with van der Waals surface area (Å²) in [6.45, 7) is 4.59. The Morgan fingerprint density at radius 3 is 2.87 bits per heavy atom. The summed E-state index contributed by atoms with van der Waals surface area (Å²) in [6, 6.07) is 9.42. The largest absolute Gasteiger partial charge is 0.618 e. The molecule has 1 aromatic carbocycles. The van der Waals surface area contributed by atoms with Crippen LogP contribution in [0, 0.1) is 19.1 Å². The number of aliphatic hydroxyl groups excluding tert-OH is 1. The Morgan fingerprint density at radius 2 is 2.09 bits per heavy atom. The second kappa shape index (κ2) is 6.60. The van der Waals surface area contributed by atoms with E-state index in [1.54, 1.807) is 18.5 Å². The summed E-state index contributed by atoms with van der Waals surface area (Å²) in [4.78, 5) is 4.40. The Kier molecular flexibility index (Phi) is 4.54. The van der Waals surface area contributed by atoms with E-state index in [0.717, 1.165) is 15.8 Å². The second-order valence-corrected chi connectivity index (χ2v) is 6.69. The maximum absolute atomic E-state index is 11.6. The van der Waals surface area contributed by atoms with Crippen LogP contribution in [-0.4, -0.2) is 26.5 Å². The molecule has 0 aliphatic rings. The van der Waals surface area contributed by atoms with E-state index in [2.05, 4.69) is 31.0 Å². The van der Waals surface area contributed by atoms with Gasteiger partial charge in [-0.05, 0) is 43.2 Å². The van der Waals surface area contributed by atoms with Gasteiger partial charge in [-0.15, -0.1) is 0 Å². The monoisotopic (exact) mass is 329 g/mol. The summed E-state index contributed by atoms with van der Waals surface area (Å²) in [5.41, 5.74) is 4.38. The van der Waals surface area contributed by atoms with Crippen molar-refractivity contribution in [2.75, 3.05) is 5.75 Å². The third-order valence-electron chi connectivity index (χ3n) is 3.86. The van der Waals surface area contributed by atoms with Crippen molar-refractivity contribution in [2.24, 2.45) is 0 Å². The molecule has 3 aromatic rings. The predicted octanol–water partition coefficient (Wildman–Crippen LogP) is 2.44. The lowest BCUT2D eigenvalue weighted by Gasteiger charge is -2.12. The summed E-state index contributed by atoms with van der Waals surface area (Å²) < 4.78 is 2.78. The lowest BCUT2D eigenvalue weighted by molar-refractivity contribution is -0.645. The van der Waals surface area contributed by atoms with Gasteiger partial charge in [-0.2, -0.15) is 4.73 Å². The summed E-state index contributed by atoms with van der Waals surface area (Å²) in [5.74, 6) is 0.455. The van der Waals surface area contributed by atoms with Crippen LogP contribution in [0.15, 0.2) is 47.9 Å². The molecule has 1 atom stereocenters. The molecule has 120 valence electrons. The molecule has 2 aromatic heterocycles. The van der Waals surface area contributed by atoms with Gasteiger partial charge < -0.3 is 14.9 Å². The van der Waals surface area contributed by atoms with Crippen molar-refractivity contribution >= 4 is 22.8 Å². The molecule has 0 fully saturated rings. The quantitative estimate of drug-likeness (QED) is 0.444. The Bertz CT molecular complexity index is 832. The first kappa shape index (κ1) is 15.8. The van der Waals surface area contributed by atoms with Gasteiger partial charge in [0.05, 0.1) is 30.0 Å². The lowest BCUT2D eigenvalue weighted by atomic mass is 10.1. The van der Waals surface area contributed by atoms with Crippen LogP contribution in [0.3, 0.4) is 0 Å². The maximum atomic E-state index is 11.6. The van der Waals surface area contributed by atoms with Gasteiger partial charge in [-0.3, -0.25) is 0 Å². The molecule has 0 bridgehead atoms. The van der Waals surface area contributed by atoms with Crippen LogP contribution < -0.4 is 4.73 Å². The molecule has 23 heavy (non-hydrogen) atoms. The van der Waals surface area contributed by atoms with Gasteiger partial charge >= 0.3 is 0 Å². The van der Waals surface area contributed by atoms with E-state index in [1.165, 1.54) is 29.1 Å². The Morgan fingerprint density at radius 1 is 1.30 bits per heavy atom. The molecule has 1 N–H and O–H groups in total. The first-order chi connectivity index (χ1) is 11.0. The van der Waals surface area contributed by atoms with Gasteiger partial charge in [-0.25, -0.2) is 4.98 Å². The van der Waals surface area contributed by atoms with E-state index in [-0.39, 0.29) is 0 Å². The van der Waals surface area contributed by atoms with Crippen LogP contribution in [0.4, 0.5) is 0 Å². The molecule has 0 amide bonds. The third kappa shape index (κ3) is 3.48. The molecular formula is C17H19N3O2S. The zero-order chi connectivity index (χ0) is 16.4. The normalized spacial score (nSPS) is 12.7. The van der Waals surface area contributed by atoms with Crippen molar-refractivity contribution in [2.45, 2.75) is 31.5 Å². The zero-order valence-electron chi connectivity index (χ0n) is 13.1. The van der Waals surface area contributed by atoms with Gasteiger partial charge in [0.25, 0.3) is 5.03 Å². The first-order valence-corrected chi connectivity index (χ1v) is 8.44. The Balaban J connectivity index is 1.69. The first-order valence-electron chi connectivity index (χ1n) is 7.46. The molecule has 5 nitrogen and oxygen atoms in total. The number of nitrogens with zero attached hydrogens (tertiary/aromatic N) is 3. The summed E-state index contributed by atoms with van der Waals surface area (Å²) in [5, 5.41) is 22.5. The highest BCUT2D eigenvalue weighted by molar-refractivity contribution is 7.99. The van der Waals surface area contributed by atoms with E-state index < -0.39 is 6.10 Å². The summed E-state index contributed by atoms with van der Waals surface area (Å²) in [6.07, 6.45) is 2.66. The van der Waals surface area contributed by atoms with Gasteiger partial charge in [0.1, 0.15) is 0 Å². The molecule has 0 saturated heterocycles. The van der Waals surface area contributed by atoms with Gasteiger partial charge in [0.15, 0.2) is 6.20 Å². The molecule has 0 saturated carbocycles. The fraction of sp³-hybridized carbons (Fsp3) is 0.294. The number of thioether (sulfide) groups is 1. The number of aliphatic hydroxyl groups is 1. The van der Waals surface area contributed by atoms with Crippen LogP contribution in [0.2, 0.25) is 0 Å². The topological polar surface area (TPSA) is 65.0 Å². The van der Waals surface area contributed by atoms with Crippen LogP contribution in [0.1, 0.15) is 11.1 Å². The SMILES string of the molecule is Cc1cc2ncn(CC(O)CSc3cccc[n+]3[O-])c2cc1C. The smallest absolute Gasteiger partial charge is 0.251 e. The van der Waals surface area contributed by atoms with Crippen LogP contribution >= 0.6 is 11.8 Å². The summed E-state index contributed by atoms with van der Waals surface area (Å²) >= 11 is 1.35. The third-order valence-corrected chi connectivity index (χ3v) is 5.02. The van der Waals surface area contributed by atoms with E-state index in [1.807, 2.05) is 10.6 Å². The minimum absolute atomic E-state index is 0.455. The van der Waals surface area contributed by atoms with Crippen molar-refractivity contribution in [3.8, 4) is 0 Å². The highest BCUT2D eigenvalue weighted by atomic mass is 32.2. The lowest BCUT2D eigenvalue weighted by Crippen LogP contribution is -2.28. The molecule has 1 unspecified atom stereocenters. The number of benzene rings is 1. The van der Waals surface area contributed by atoms with Gasteiger partial charge in [0.2, 0.25) is 0 Å². The van der Waals surface area contributed by atoms with Crippen molar-refractivity contribution in [3.05, 3.63) is 59.2 Å². The fourth-order valence-corrected chi connectivity index (χ4v) is 3.28. The number of fused-ring (bicyclic) bond motifs is 1. The van der Waals surface area contributed by atoms with E-state index >= 15 is 0 Å². The van der Waals surface area contributed by atoms with E-state index in [0.29, 0.717) is 17.3 Å². The van der Waals surface area contributed by atoms with Crippen LogP contribution in [0.25, 0.3) is 11.0 Å². The molecule has 3 rings (SSSR count). The van der Waals surface area contributed by atoms with Gasteiger partial charge in [0, 0.05) is 17.9 Å². The highest BCUT2D eigenvalue weighted by Crippen LogP contribution is 2.20. The molecule has 0 radical (unpaired) electrons. The molecule has 6 heteroatoms. The fourth-order valence-electron chi connectivity index (χ4n) is 2.44. The Labute approximate surface area is 139 Å². The number of aromatic nitrogens is 3. The van der Waals surface area contributed by atoms with Crippen molar-refractivity contribution in [1.29, 1.82) is 0 Å². The van der Waals surface area contributed by atoms with Crippen LogP contribution in [0.5, 0.6) is 0 Å². The Hall–Kier alpha value is -2.05. The molecule has 0 aliphatic carbocycles. The number of pyridine rings is 1. The maximum Gasteiger partial charge on any atom is 0.251 e. The summed E-state index contributed by atoms with van der Waals surface area (Å²) in [7, 11) is 0. The number of aryl methyl sites for hydroxylation is 2. The molecule has 2 heterocycles. The zero-order valence-corrected chi connectivity index (χ0v) is 14.0. The minimum Gasteiger partial charge on any atom is -0.618 e. The van der Waals surface area contributed by atoms with Crippen molar-refractivity contribution in [3.63, 3.8) is 0 Å². The van der Waals surface area contributed by atoms with E-state index in [9.17, 15) is 10.3 Å².